The molecule has 0 spiro atoms. The Balaban J connectivity index is 2.17. The van der Waals surface area contributed by atoms with Gasteiger partial charge in [0.05, 0.1) is 0 Å². The van der Waals surface area contributed by atoms with Crippen molar-refractivity contribution in [2.75, 3.05) is 0 Å². The maximum absolute atomic E-state index is 3.46. The number of hydrogen-bond donors (Lipinski definition) is 1. The lowest BCUT2D eigenvalue weighted by atomic mass is 10.0. The minimum atomic E-state index is 0.521. The zero-order valence-corrected chi connectivity index (χ0v) is 12.1. The molecule has 2 rings (SSSR count). The van der Waals surface area contributed by atoms with E-state index >= 15 is 0 Å². The standard InChI is InChI=1S/C18H23N/c1-4-15-8-10-17(11-9-15)18-7-5-6-16(12-18)13-19-14(2)3/h5-12,14,19H,4,13H2,1-3H3. The molecule has 0 fully saturated rings. The first-order valence-electron chi connectivity index (χ1n) is 7.10. The third-order valence-electron chi connectivity index (χ3n) is 3.34. The van der Waals surface area contributed by atoms with Crippen LogP contribution in [0.1, 0.15) is 31.9 Å². The Morgan fingerprint density at radius 2 is 1.63 bits per heavy atom. The van der Waals surface area contributed by atoms with E-state index < -0.39 is 0 Å². The van der Waals surface area contributed by atoms with Crippen molar-refractivity contribution in [2.45, 2.75) is 39.8 Å². The second-order valence-corrected chi connectivity index (χ2v) is 5.29. The Labute approximate surface area is 116 Å². The minimum Gasteiger partial charge on any atom is -0.310 e. The van der Waals surface area contributed by atoms with Gasteiger partial charge in [-0.3, -0.25) is 0 Å². The van der Waals surface area contributed by atoms with Crippen molar-refractivity contribution in [1.82, 2.24) is 5.32 Å². The quantitative estimate of drug-likeness (QED) is 0.832. The average Bonchev–Trinajstić information content (AvgIpc) is 2.45. The first-order chi connectivity index (χ1) is 9.19. The first-order valence-corrected chi connectivity index (χ1v) is 7.10. The smallest absolute Gasteiger partial charge is 0.0208 e. The van der Waals surface area contributed by atoms with Gasteiger partial charge in [0.25, 0.3) is 0 Å². The summed E-state index contributed by atoms with van der Waals surface area (Å²) < 4.78 is 0. The molecule has 19 heavy (non-hydrogen) atoms. The third kappa shape index (κ3) is 3.93. The predicted molar refractivity (Wildman–Crippen MR) is 83.2 cm³/mol. The van der Waals surface area contributed by atoms with E-state index in [1.165, 1.54) is 22.3 Å². The molecule has 0 radical (unpaired) electrons. The first kappa shape index (κ1) is 13.8. The van der Waals surface area contributed by atoms with Crippen molar-refractivity contribution < 1.29 is 0 Å². The maximum atomic E-state index is 3.46. The Hall–Kier alpha value is -1.60. The molecule has 0 unspecified atom stereocenters. The van der Waals surface area contributed by atoms with Gasteiger partial charge < -0.3 is 5.32 Å². The van der Waals surface area contributed by atoms with Gasteiger partial charge in [-0.15, -0.1) is 0 Å². The van der Waals surface area contributed by atoms with Gasteiger partial charge in [-0.1, -0.05) is 63.2 Å². The lowest BCUT2D eigenvalue weighted by Crippen LogP contribution is -2.21. The van der Waals surface area contributed by atoms with Crippen LogP contribution in [0.4, 0.5) is 0 Å². The highest BCUT2D eigenvalue weighted by Crippen LogP contribution is 2.21. The molecule has 1 heteroatoms. The molecule has 0 aliphatic heterocycles. The number of rotatable bonds is 5. The van der Waals surface area contributed by atoms with Gasteiger partial charge >= 0.3 is 0 Å². The highest BCUT2D eigenvalue weighted by molar-refractivity contribution is 5.64. The number of aryl methyl sites for hydroxylation is 1. The van der Waals surface area contributed by atoms with Crippen LogP contribution in [0.3, 0.4) is 0 Å². The van der Waals surface area contributed by atoms with Crippen molar-refractivity contribution in [2.24, 2.45) is 0 Å². The van der Waals surface area contributed by atoms with Gasteiger partial charge in [-0.2, -0.15) is 0 Å². The molecule has 2 aromatic carbocycles. The second kappa shape index (κ2) is 6.53. The molecular weight excluding hydrogens is 230 g/mol. The van der Waals surface area contributed by atoms with Crippen LogP contribution in [0, 0.1) is 0 Å². The SMILES string of the molecule is CCc1ccc(-c2cccc(CNC(C)C)c2)cc1. The van der Waals surface area contributed by atoms with Crippen LogP contribution in [0.15, 0.2) is 48.5 Å². The van der Waals surface area contributed by atoms with Crippen LogP contribution < -0.4 is 5.32 Å². The van der Waals surface area contributed by atoms with E-state index in [-0.39, 0.29) is 0 Å². The Morgan fingerprint density at radius 1 is 0.895 bits per heavy atom. The molecule has 0 saturated carbocycles. The summed E-state index contributed by atoms with van der Waals surface area (Å²) in [5.41, 5.74) is 5.32. The van der Waals surface area contributed by atoms with E-state index in [1.807, 2.05) is 0 Å². The molecule has 0 aliphatic carbocycles. The number of hydrogen-bond acceptors (Lipinski definition) is 1. The summed E-state index contributed by atoms with van der Waals surface area (Å²) in [5, 5.41) is 3.46. The Bertz CT molecular complexity index is 511. The van der Waals surface area contributed by atoms with Gasteiger partial charge in [-0.05, 0) is 34.7 Å². The van der Waals surface area contributed by atoms with Gasteiger partial charge in [0.2, 0.25) is 0 Å². The minimum absolute atomic E-state index is 0.521. The van der Waals surface area contributed by atoms with Gasteiger partial charge in [0, 0.05) is 12.6 Å². The van der Waals surface area contributed by atoms with E-state index in [2.05, 4.69) is 74.6 Å². The Kier molecular flexibility index (Phi) is 4.75. The maximum Gasteiger partial charge on any atom is 0.0208 e. The second-order valence-electron chi connectivity index (χ2n) is 5.29. The summed E-state index contributed by atoms with van der Waals surface area (Å²) in [5.74, 6) is 0. The summed E-state index contributed by atoms with van der Waals surface area (Å²) in [6, 6.07) is 18.2. The normalized spacial score (nSPS) is 10.9. The molecule has 2 aromatic rings. The Morgan fingerprint density at radius 3 is 2.26 bits per heavy atom. The highest BCUT2D eigenvalue weighted by Gasteiger charge is 2.00. The fourth-order valence-electron chi connectivity index (χ4n) is 2.12. The zero-order valence-electron chi connectivity index (χ0n) is 12.1. The van der Waals surface area contributed by atoms with Crippen molar-refractivity contribution in [1.29, 1.82) is 0 Å². The van der Waals surface area contributed by atoms with Gasteiger partial charge in [-0.25, -0.2) is 0 Å². The van der Waals surface area contributed by atoms with Crippen molar-refractivity contribution in [3.05, 3.63) is 59.7 Å². The predicted octanol–water partition coefficient (Wildman–Crippen LogP) is 4.41. The van der Waals surface area contributed by atoms with Crippen LogP contribution >= 0.6 is 0 Å². The largest absolute Gasteiger partial charge is 0.310 e. The van der Waals surface area contributed by atoms with Crippen molar-refractivity contribution in [3.63, 3.8) is 0 Å². The van der Waals surface area contributed by atoms with Crippen LogP contribution in [-0.4, -0.2) is 6.04 Å². The summed E-state index contributed by atoms with van der Waals surface area (Å²) in [4.78, 5) is 0. The van der Waals surface area contributed by atoms with Crippen LogP contribution in [0.25, 0.3) is 11.1 Å². The van der Waals surface area contributed by atoms with E-state index in [1.54, 1.807) is 0 Å². The van der Waals surface area contributed by atoms with E-state index in [0.29, 0.717) is 6.04 Å². The lowest BCUT2D eigenvalue weighted by Gasteiger charge is -2.10. The van der Waals surface area contributed by atoms with Crippen LogP contribution in [-0.2, 0) is 13.0 Å². The lowest BCUT2D eigenvalue weighted by molar-refractivity contribution is 0.589. The van der Waals surface area contributed by atoms with Gasteiger partial charge in [0.1, 0.15) is 0 Å². The van der Waals surface area contributed by atoms with E-state index in [4.69, 9.17) is 0 Å². The molecule has 0 saturated heterocycles. The molecule has 1 nitrogen and oxygen atoms in total. The summed E-state index contributed by atoms with van der Waals surface area (Å²) in [7, 11) is 0. The molecular formula is C18H23N. The van der Waals surface area contributed by atoms with Crippen molar-refractivity contribution in [3.8, 4) is 11.1 Å². The van der Waals surface area contributed by atoms with Crippen LogP contribution in [0.2, 0.25) is 0 Å². The summed E-state index contributed by atoms with van der Waals surface area (Å²) >= 11 is 0. The molecule has 0 atom stereocenters. The summed E-state index contributed by atoms with van der Waals surface area (Å²) in [6.07, 6.45) is 1.10. The fourth-order valence-corrected chi connectivity index (χ4v) is 2.12. The molecule has 0 aliphatic rings. The summed E-state index contributed by atoms with van der Waals surface area (Å²) in [6.45, 7) is 7.46. The topological polar surface area (TPSA) is 12.0 Å². The van der Waals surface area contributed by atoms with Gasteiger partial charge in [0.15, 0.2) is 0 Å². The van der Waals surface area contributed by atoms with E-state index in [9.17, 15) is 0 Å². The van der Waals surface area contributed by atoms with Crippen molar-refractivity contribution >= 4 is 0 Å². The molecule has 0 aromatic heterocycles. The average molecular weight is 253 g/mol. The van der Waals surface area contributed by atoms with E-state index in [0.717, 1.165) is 13.0 Å². The molecule has 1 N–H and O–H groups in total. The monoisotopic (exact) mass is 253 g/mol. The molecule has 100 valence electrons. The number of benzene rings is 2. The third-order valence-corrected chi connectivity index (χ3v) is 3.34. The number of nitrogens with one attached hydrogen (secondary N) is 1. The highest BCUT2D eigenvalue weighted by atomic mass is 14.9. The molecule has 0 heterocycles. The molecule has 0 amide bonds. The fraction of sp³-hybridized carbons (Fsp3) is 0.333. The van der Waals surface area contributed by atoms with Crippen LogP contribution in [0.5, 0.6) is 0 Å². The molecule has 0 bridgehead atoms. The zero-order chi connectivity index (χ0) is 13.7.